The second kappa shape index (κ2) is 8.72. The molecule has 3 rings (SSSR count). The minimum Gasteiger partial charge on any atom is -0.411 e. The van der Waals surface area contributed by atoms with Crippen molar-refractivity contribution < 1.29 is 9.21 Å². The Morgan fingerprint density at radius 2 is 2.04 bits per heavy atom. The third-order valence-electron chi connectivity index (χ3n) is 4.33. The lowest BCUT2D eigenvalue weighted by atomic mass is 10.1. The van der Waals surface area contributed by atoms with Crippen LogP contribution in [0.1, 0.15) is 45.4 Å². The summed E-state index contributed by atoms with van der Waals surface area (Å²) in [5.74, 6) is 0.431. The molecule has 2 aromatic rings. The van der Waals surface area contributed by atoms with Crippen LogP contribution in [-0.2, 0) is 4.79 Å². The monoisotopic (exact) mass is 379 g/mol. The average Bonchev–Trinajstić information content (AvgIpc) is 2.91. The van der Waals surface area contributed by atoms with Gasteiger partial charge in [-0.15, -0.1) is 10.2 Å². The van der Waals surface area contributed by atoms with E-state index in [0.717, 1.165) is 18.4 Å². The lowest BCUT2D eigenvalue weighted by Crippen LogP contribution is -2.39. The summed E-state index contributed by atoms with van der Waals surface area (Å²) >= 11 is 7.26. The van der Waals surface area contributed by atoms with E-state index in [1.54, 1.807) is 12.1 Å². The Bertz CT molecular complexity index is 714. The molecule has 0 spiro atoms. The van der Waals surface area contributed by atoms with Crippen molar-refractivity contribution in [2.75, 3.05) is 0 Å². The van der Waals surface area contributed by atoms with Crippen LogP contribution in [0.4, 0.5) is 0 Å². The molecule has 1 heterocycles. The number of rotatable bonds is 5. The van der Waals surface area contributed by atoms with Gasteiger partial charge in [-0.1, -0.05) is 55.1 Å². The summed E-state index contributed by atoms with van der Waals surface area (Å²) in [5.41, 5.74) is 0.766. The highest BCUT2D eigenvalue weighted by Gasteiger charge is 2.22. The normalized spacial score (nSPS) is 17.0. The summed E-state index contributed by atoms with van der Waals surface area (Å²) in [4.78, 5) is 12.4. The fraction of sp³-hybridized carbons (Fsp3) is 0.500. The highest BCUT2D eigenvalue weighted by atomic mass is 35.5. The molecule has 5 nitrogen and oxygen atoms in total. The largest absolute Gasteiger partial charge is 0.411 e. The summed E-state index contributed by atoms with van der Waals surface area (Å²) in [6.07, 6.45) is 7.07. The average molecular weight is 380 g/mol. The van der Waals surface area contributed by atoms with Gasteiger partial charge in [-0.2, -0.15) is 0 Å². The standard InChI is InChI=1S/C18H22ClN3O2S/c1-12(16(23)20-15-9-4-2-3-5-10-15)25-18-22-21-17(24-18)13-7-6-8-14(19)11-13/h6-8,11-12,15H,2-5,9-10H2,1H3,(H,20,23)/t12-/m1/s1. The van der Waals surface area contributed by atoms with E-state index in [-0.39, 0.29) is 11.2 Å². The van der Waals surface area contributed by atoms with E-state index in [4.69, 9.17) is 16.0 Å². The van der Waals surface area contributed by atoms with Crippen LogP contribution in [0.15, 0.2) is 33.9 Å². The lowest BCUT2D eigenvalue weighted by Gasteiger charge is -2.18. The first-order valence-electron chi connectivity index (χ1n) is 8.68. The maximum absolute atomic E-state index is 12.4. The summed E-state index contributed by atoms with van der Waals surface area (Å²) in [7, 11) is 0. The Labute approximate surface area is 156 Å². The smallest absolute Gasteiger partial charge is 0.277 e. The van der Waals surface area contributed by atoms with E-state index in [0.29, 0.717) is 22.2 Å². The van der Waals surface area contributed by atoms with E-state index in [1.165, 1.54) is 37.4 Å². The lowest BCUT2D eigenvalue weighted by molar-refractivity contribution is -0.121. The molecule has 1 aromatic heterocycles. The van der Waals surface area contributed by atoms with Gasteiger partial charge in [-0.3, -0.25) is 4.79 Å². The van der Waals surface area contributed by atoms with E-state index >= 15 is 0 Å². The van der Waals surface area contributed by atoms with Crippen LogP contribution < -0.4 is 5.32 Å². The van der Waals surface area contributed by atoms with E-state index in [2.05, 4.69) is 15.5 Å². The maximum atomic E-state index is 12.4. The van der Waals surface area contributed by atoms with Crippen molar-refractivity contribution in [3.63, 3.8) is 0 Å². The van der Waals surface area contributed by atoms with Gasteiger partial charge in [0.1, 0.15) is 0 Å². The number of nitrogens with one attached hydrogen (secondary N) is 1. The van der Waals surface area contributed by atoms with Crippen LogP contribution >= 0.6 is 23.4 Å². The zero-order valence-corrected chi connectivity index (χ0v) is 15.8. The van der Waals surface area contributed by atoms with Gasteiger partial charge in [0.25, 0.3) is 5.22 Å². The fourth-order valence-corrected chi connectivity index (χ4v) is 3.83. The van der Waals surface area contributed by atoms with Crippen molar-refractivity contribution >= 4 is 29.3 Å². The number of amides is 1. The molecule has 0 aliphatic heterocycles. The van der Waals surface area contributed by atoms with Crippen molar-refractivity contribution in [3.05, 3.63) is 29.3 Å². The SMILES string of the molecule is C[C@@H](Sc1nnc(-c2cccc(Cl)c2)o1)C(=O)NC1CCCCCC1. The molecule has 1 fully saturated rings. The van der Waals surface area contributed by atoms with Gasteiger partial charge in [-0.25, -0.2) is 0 Å². The molecule has 1 amide bonds. The molecule has 134 valence electrons. The highest BCUT2D eigenvalue weighted by molar-refractivity contribution is 8.00. The van der Waals surface area contributed by atoms with Gasteiger partial charge < -0.3 is 9.73 Å². The van der Waals surface area contributed by atoms with Gasteiger partial charge >= 0.3 is 0 Å². The molecule has 7 heteroatoms. The Morgan fingerprint density at radius 1 is 1.28 bits per heavy atom. The number of carbonyl (C=O) groups excluding carboxylic acids is 1. The van der Waals surface area contributed by atoms with E-state index in [9.17, 15) is 4.79 Å². The molecular formula is C18H22ClN3O2S. The molecule has 25 heavy (non-hydrogen) atoms. The molecule has 1 atom stereocenters. The molecule has 0 bridgehead atoms. The predicted octanol–water partition coefficient (Wildman–Crippen LogP) is 4.71. The summed E-state index contributed by atoms with van der Waals surface area (Å²) in [6, 6.07) is 7.54. The van der Waals surface area contributed by atoms with Gasteiger partial charge in [0.05, 0.1) is 5.25 Å². The van der Waals surface area contributed by atoms with E-state index < -0.39 is 0 Å². The maximum Gasteiger partial charge on any atom is 0.277 e. The molecular weight excluding hydrogens is 358 g/mol. The van der Waals surface area contributed by atoms with Crippen LogP contribution in [0, 0.1) is 0 Å². The van der Waals surface area contributed by atoms with Crippen molar-refractivity contribution in [3.8, 4) is 11.5 Å². The predicted molar refractivity (Wildman–Crippen MR) is 99.7 cm³/mol. The number of halogens is 1. The molecule has 0 unspecified atom stereocenters. The van der Waals surface area contributed by atoms with Crippen LogP contribution in [0.25, 0.3) is 11.5 Å². The third-order valence-corrected chi connectivity index (χ3v) is 5.50. The number of benzene rings is 1. The minimum absolute atomic E-state index is 0.0272. The summed E-state index contributed by atoms with van der Waals surface area (Å²) < 4.78 is 5.66. The van der Waals surface area contributed by atoms with E-state index in [1.807, 2.05) is 19.1 Å². The first-order valence-corrected chi connectivity index (χ1v) is 9.94. The van der Waals surface area contributed by atoms with Gasteiger partial charge in [0.15, 0.2) is 0 Å². The Morgan fingerprint density at radius 3 is 2.76 bits per heavy atom. The molecule has 0 saturated heterocycles. The van der Waals surface area contributed by atoms with Gasteiger partial charge in [0, 0.05) is 16.6 Å². The van der Waals surface area contributed by atoms with Crippen LogP contribution in [0.2, 0.25) is 5.02 Å². The third kappa shape index (κ3) is 5.22. The first-order chi connectivity index (χ1) is 12.1. The first kappa shape index (κ1) is 18.3. The molecule has 1 saturated carbocycles. The van der Waals surface area contributed by atoms with Crippen LogP contribution in [-0.4, -0.2) is 27.4 Å². The van der Waals surface area contributed by atoms with Gasteiger partial charge in [0.2, 0.25) is 11.8 Å². The van der Waals surface area contributed by atoms with Crippen molar-refractivity contribution in [1.29, 1.82) is 0 Å². The number of hydrogen-bond donors (Lipinski definition) is 1. The topological polar surface area (TPSA) is 68.0 Å². The Balaban J connectivity index is 1.57. The second-order valence-electron chi connectivity index (χ2n) is 6.34. The quantitative estimate of drug-likeness (QED) is 0.601. The molecule has 1 aliphatic rings. The van der Waals surface area contributed by atoms with Crippen LogP contribution in [0.5, 0.6) is 0 Å². The van der Waals surface area contributed by atoms with Crippen molar-refractivity contribution in [2.24, 2.45) is 0 Å². The minimum atomic E-state index is -0.282. The number of thioether (sulfide) groups is 1. The van der Waals surface area contributed by atoms with Crippen LogP contribution in [0.3, 0.4) is 0 Å². The number of nitrogens with zero attached hydrogens (tertiary/aromatic N) is 2. The number of aromatic nitrogens is 2. The Kier molecular flexibility index (Phi) is 6.37. The highest BCUT2D eigenvalue weighted by Crippen LogP contribution is 2.27. The molecule has 1 N–H and O–H groups in total. The molecule has 0 radical (unpaired) electrons. The number of carbonyl (C=O) groups is 1. The van der Waals surface area contributed by atoms with Crippen molar-refractivity contribution in [2.45, 2.75) is 62.0 Å². The van der Waals surface area contributed by atoms with Crippen molar-refractivity contribution in [1.82, 2.24) is 15.5 Å². The summed E-state index contributed by atoms with van der Waals surface area (Å²) in [6.45, 7) is 1.86. The zero-order valence-electron chi connectivity index (χ0n) is 14.2. The zero-order chi connectivity index (χ0) is 17.6. The van der Waals surface area contributed by atoms with Gasteiger partial charge in [-0.05, 0) is 38.0 Å². The Hall–Kier alpha value is -1.53. The fourth-order valence-electron chi connectivity index (χ4n) is 2.94. The molecule has 1 aromatic carbocycles. The summed E-state index contributed by atoms with van der Waals surface area (Å²) in [5, 5.41) is 11.9. The molecule has 1 aliphatic carbocycles. The second-order valence-corrected chi connectivity index (χ2v) is 8.07. The number of hydrogen-bond acceptors (Lipinski definition) is 5.